The van der Waals surface area contributed by atoms with E-state index < -0.39 is 0 Å². The Hall–Kier alpha value is -2.18. The maximum atomic E-state index is 13.1. The van der Waals surface area contributed by atoms with Gasteiger partial charge >= 0.3 is 0 Å². The molecule has 1 atom stereocenters. The summed E-state index contributed by atoms with van der Waals surface area (Å²) in [5, 5.41) is 2.04. The topological polar surface area (TPSA) is 46.8 Å². The number of nitrogens with zero attached hydrogens (tertiary/aromatic N) is 3. The summed E-state index contributed by atoms with van der Waals surface area (Å²) in [5.41, 5.74) is 1.62. The number of imidazole rings is 1. The molecule has 1 aliphatic rings. The van der Waals surface area contributed by atoms with Crippen LogP contribution in [0, 0.1) is 0 Å². The number of thiophene rings is 1. The first-order valence-electron chi connectivity index (χ1n) is 8.14. The van der Waals surface area contributed by atoms with E-state index in [1.54, 1.807) is 23.9 Å². The molecule has 24 heavy (non-hydrogen) atoms. The zero-order valence-electron chi connectivity index (χ0n) is 13.3. The highest BCUT2D eigenvalue weighted by atomic mass is 32.1. The van der Waals surface area contributed by atoms with Gasteiger partial charge in [-0.3, -0.25) is 4.79 Å². The number of fused-ring (bicyclic) bond motifs is 1. The van der Waals surface area contributed by atoms with Crippen molar-refractivity contribution in [3.63, 3.8) is 0 Å². The molecule has 3 aromatic rings. The lowest BCUT2D eigenvalue weighted by atomic mass is 10.1. The molecule has 0 radical (unpaired) electrons. The van der Waals surface area contributed by atoms with E-state index in [0.717, 1.165) is 25.0 Å². The lowest BCUT2D eigenvalue weighted by molar-refractivity contribution is 0.0509. The lowest BCUT2D eigenvalue weighted by Crippen LogP contribution is -2.36. The van der Waals surface area contributed by atoms with Crippen molar-refractivity contribution >= 4 is 22.8 Å². The van der Waals surface area contributed by atoms with Gasteiger partial charge in [0.05, 0.1) is 30.7 Å². The molecule has 0 N–H and O–H groups in total. The lowest BCUT2D eigenvalue weighted by Gasteiger charge is -2.25. The van der Waals surface area contributed by atoms with Gasteiger partial charge in [0, 0.05) is 29.8 Å². The number of pyridine rings is 1. The van der Waals surface area contributed by atoms with Crippen LogP contribution in [0.4, 0.5) is 0 Å². The van der Waals surface area contributed by atoms with Crippen molar-refractivity contribution in [1.29, 1.82) is 0 Å². The summed E-state index contributed by atoms with van der Waals surface area (Å²) >= 11 is 1.68. The Bertz CT molecular complexity index is 822. The minimum absolute atomic E-state index is 0.0441. The van der Waals surface area contributed by atoms with Crippen LogP contribution in [-0.2, 0) is 11.3 Å². The van der Waals surface area contributed by atoms with Crippen LogP contribution in [-0.4, -0.2) is 39.4 Å². The highest BCUT2D eigenvalue weighted by molar-refractivity contribution is 7.09. The van der Waals surface area contributed by atoms with E-state index in [9.17, 15) is 4.79 Å². The number of carbonyl (C=O) groups is 1. The van der Waals surface area contributed by atoms with Gasteiger partial charge in [0.1, 0.15) is 0 Å². The molecule has 5 nitrogen and oxygen atoms in total. The third-order valence-corrected chi connectivity index (χ3v) is 5.18. The molecule has 1 aliphatic heterocycles. The minimum atomic E-state index is 0.0441. The number of rotatable bonds is 5. The fraction of sp³-hybridized carbons (Fsp3) is 0.333. The Morgan fingerprint density at radius 1 is 1.46 bits per heavy atom. The van der Waals surface area contributed by atoms with E-state index in [2.05, 4.69) is 11.1 Å². The molecular weight excluding hydrogens is 322 g/mol. The minimum Gasteiger partial charge on any atom is -0.376 e. The van der Waals surface area contributed by atoms with Crippen LogP contribution < -0.4 is 0 Å². The van der Waals surface area contributed by atoms with Gasteiger partial charge in [-0.15, -0.1) is 11.3 Å². The van der Waals surface area contributed by atoms with Crippen LogP contribution in [0.15, 0.2) is 48.4 Å². The normalized spacial score (nSPS) is 17.4. The van der Waals surface area contributed by atoms with Crippen molar-refractivity contribution in [1.82, 2.24) is 14.3 Å². The molecule has 3 aromatic heterocycles. The van der Waals surface area contributed by atoms with Gasteiger partial charge in [0.25, 0.3) is 5.91 Å². The van der Waals surface area contributed by atoms with Crippen LogP contribution in [0.5, 0.6) is 0 Å². The van der Waals surface area contributed by atoms with Gasteiger partial charge in [0.15, 0.2) is 0 Å². The fourth-order valence-electron chi connectivity index (χ4n) is 3.08. The fourth-order valence-corrected chi connectivity index (χ4v) is 3.80. The summed E-state index contributed by atoms with van der Waals surface area (Å²) in [6.45, 7) is 2.06. The molecule has 1 saturated heterocycles. The number of hydrogen-bond acceptors (Lipinski definition) is 4. The molecule has 0 saturated carbocycles. The second-order valence-electron chi connectivity index (χ2n) is 6.04. The second kappa shape index (κ2) is 6.75. The molecular formula is C18H19N3O2S. The van der Waals surface area contributed by atoms with Crippen LogP contribution in [0.2, 0.25) is 0 Å². The van der Waals surface area contributed by atoms with Crippen molar-refractivity contribution in [2.24, 2.45) is 0 Å². The molecule has 4 heterocycles. The van der Waals surface area contributed by atoms with Crippen molar-refractivity contribution < 1.29 is 9.53 Å². The van der Waals surface area contributed by atoms with Crippen molar-refractivity contribution in [3.05, 3.63) is 58.8 Å². The maximum Gasteiger partial charge on any atom is 0.254 e. The molecule has 1 fully saturated rings. The summed E-state index contributed by atoms with van der Waals surface area (Å²) < 4.78 is 7.65. The van der Waals surface area contributed by atoms with Gasteiger partial charge in [0.2, 0.25) is 0 Å². The average molecular weight is 341 g/mol. The van der Waals surface area contributed by atoms with E-state index in [-0.39, 0.29) is 12.0 Å². The number of ether oxygens (including phenoxy) is 1. The predicted molar refractivity (Wildman–Crippen MR) is 93.2 cm³/mol. The molecule has 4 rings (SSSR count). The molecule has 124 valence electrons. The highest BCUT2D eigenvalue weighted by Crippen LogP contribution is 2.19. The number of carbonyl (C=O) groups excluding carboxylic acids is 1. The smallest absolute Gasteiger partial charge is 0.254 e. The van der Waals surface area contributed by atoms with Crippen LogP contribution >= 0.6 is 11.3 Å². The molecule has 0 spiro atoms. The van der Waals surface area contributed by atoms with E-state index >= 15 is 0 Å². The van der Waals surface area contributed by atoms with E-state index in [4.69, 9.17) is 4.74 Å². The second-order valence-corrected chi connectivity index (χ2v) is 7.07. The SMILES string of the molecule is O=C(c1ccn2cncc2c1)N(Cc1cccs1)C[C@@H]1CCCO1. The monoisotopic (exact) mass is 341 g/mol. The summed E-state index contributed by atoms with van der Waals surface area (Å²) in [7, 11) is 0. The molecule has 0 aromatic carbocycles. The quantitative estimate of drug-likeness (QED) is 0.716. The maximum absolute atomic E-state index is 13.1. The first-order valence-corrected chi connectivity index (χ1v) is 9.02. The Morgan fingerprint density at radius 2 is 2.42 bits per heavy atom. The number of aromatic nitrogens is 2. The van der Waals surface area contributed by atoms with Crippen LogP contribution in [0.1, 0.15) is 28.1 Å². The van der Waals surface area contributed by atoms with Gasteiger partial charge in [-0.25, -0.2) is 4.98 Å². The van der Waals surface area contributed by atoms with Gasteiger partial charge < -0.3 is 14.0 Å². The van der Waals surface area contributed by atoms with E-state index in [1.807, 2.05) is 39.1 Å². The van der Waals surface area contributed by atoms with E-state index in [1.165, 1.54) is 4.88 Å². The molecule has 0 unspecified atom stereocenters. The summed E-state index contributed by atoms with van der Waals surface area (Å²) in [6.07, 6.45) is 7.63. The first kappa shape index (κ1) is 15.4. The summed E-state index contributed by atoms with van der Waals surface area (Å²) in [6, 6.07) is 7.84. The summed E-state index contributed by atoms with van der Waals surface area (Å²) in [4.78, 5) is 20.3. The Morgan fingerprint density at radius 3 is 3.21 bits per heavy atom. The number of hydrogen-bond donors (Lipinski definition) is 0. The zero-order chi connectivity index (χ0) is 16.4. The first-order chi connectivity index (χ1) is 11.8. The molecule has 0 bridgehead atoms. The Labute approximate surface area is 144 Å². The Kier molecular flexibility index (Phi) is 4.32. The van der Waals surface area contributed by atoms with E-state index in [0.29, 0.717) is 18.7 Å². The zero-order valence-corrected chi connectivity index (χ0v) is 14.1. The van der Waals surface area contributed by atoms with Gasteiger partial charge in [-0.05, 0) is 36.4 Å². The molecule has 1 amide bonds. The number of amides is 1. The van der Waals surface area contributed by atoms with Crippen LogP contribution in [0.3, 0.4) is 0 Å². The van der Waals surface area contributed by atoms with Crippen LogP contribution in [0.25, 0.3) is 5.52 Å². The third-order valence-electron chi connectivity index (χ3n) is 4.32. The largest absolute Gasteiger partial charge is 0.376 e. The summed E-state index contributed by atoms with van der Waals surface area (Å²) in [5.74, 6) is 0.0441. The average Bonchev–Trinajstić information content (AvgIpc) is 3.35. The molecule has 6 heteroatoms. The van der Waals surface area contributed by atoms with Crippen molar-refractivity contribution in [2.75, 3.05) is 13.2 Å². The third kappa shape index (κ3) is 3.20. The predicted octanol–water partition coefficient (Wildman–Crippen LogP) is 3.22. The van der Waals surface area contributed by atoms with Crippen molar-refractivity contribution in [2.45, 2.75) is 25.5 Å². The van der Waals surface area contributed by atoms with Gasteiger partial charge in [-0.1, -0.05) is 6.07 Å². The highest BCUT2D eigenvalue weighted by Gasteiger charge is 2.24. The Balaban J connectivity index is 1.58. The van der Waals surface area contributed by atoms with Gasteiger partial charge in [-0.2, -0.15) is 0 Å². The molecule has 0 aliphatic carbocycles. The van der Waals surface area contributed by atoms with Crippen molar-refractivity contribution in [3.8, 4) is 0 Å². The standard InChI is InChI=1S/C18H19N3O2S/c22-18(14-5-6-20-13-19-10-15(20)9-14)21(11-16-3-1-7-23-16)12-17-4-2-8-24-17/h2,4-6,8-10,13,16H,1,3,7,11-12H2/t16-/m0/s1.